The molecule has 102 valence electrons. The minimum absolute atomic E-state index is 0.721. The maximum atomic E-state index is 5.97. The smallest absolute Gasteiger partial charge is 0.0955 e. The summed E-state index contributed by atoms with van der Waals surface area (Å²) in [5, 5.41) is 3.35. The Bertz CT molecular complexity index is 764. The van der Waals surface area contributed by atoms with Gasteiger partial charge in [0.25, 0.3) is 0 Å². The van der Waals surface area contributed by atoms with Crippen LogP contribution in [0.25, 0.3) is 11.0 Å². The van der Waals surface area contributed by atoms with Crippen molar-refractivity contribution in [2.24, 2.45) is 7.05 Å². The first kappa shape index (κ1) is 13.0. The molecule has 0 aliphatic rings. The van der Waals surface area contributed by atoms with Crippen LogP contribution in [0.3, 0.4) is 0 Å². The molecule has 0 spiro atoms. The van der Waals surface area contributed by atoms with E-state index >= 15 is 0 Å². The van der Waals surface area contributed by atoms with Crippen LogP contribution < -0.4 is 11.1 Å². The SMILES string of the molecule is Cn1cnc2cc(CNc3ccc(Br)cc3N)ccc21. The van der Waals surface area contributed by atoms with Crippen LogP contribution in [0.2, 0.25) is 0 Å². The van der Waals surface area contributed by atoms with Crippen molar-refractivity contribution >= 4 is 38.3 Å². The maximum absolute atomic E-state index is 5.97. The Morgan fingerprint density at radius 1 is 1.25 bits per heavy atom. The van der Waals surface area contributed by atoms with Gasteiger partial charge in [-0.25, -0.2) is 4.98 Å². The van der Waals surface area contributed by atoms with E-state index in [0.717, 1.165) is 33.4 Å². The largest absolute Gasteiger partial charge is 0.397 e. The van der Waals surface area contributed by atoms with E-state index in [-0.39, 0.29) is 0 Å². The number of fused-ring (bicyclic) bond motifs is 1. The number of hydrogen-bond acceptors (Lipinski definition) is 3. The molecule has 0 amide bonds. The maximum Gasteiger partial charge on any atom is 0.0955 e. The van der Waals surface area contributed by atoms with Gasteiger partial charge in [-0.05, 0) is 35.9 Å². The molecule has 0 saturated heterocycles. The average Bonchev–Trinajstić information content (AvgIpc) is 2.79. The molecule has 3 N–H and O–H groups in total. The molecule has 3 aromatic rings. The van der Waals surface area contributed by atoms with E-state index in [0.29, 0.717) is 0 Å². The van der Waals surface area contributed by atoms with Gasteiger partial charge >= 0.3 is 0 Å². The number of nitrogens with zero attached hydrogens (tertiary/aromatic N) is 2. The lowest BCUT2D eigenvalue weighted by atomic mass is 10.2. The molecule has 0 atom stereocenters. The Balaban J connectivity index is 1.79. The van der Waals surface area contributed by atoms with Gasteiger partial charge in [-0.3, -0.25) is 0 Å². The molecule has 20 heavy (non-hydrogen) atoms. The minimum atomic E-state index is 0.721. The predicted molar refractivity (Wildman–Crippen MR) is 86.6 cm³/mol. The normalized spacial score (nSPS) is 10.9. The molecule has 0 bridgehead atoms. The Morgan fingerprint density at radius 2 is 2.10 bits per heavy atom. The lowest BCUT2D eigenvalue weighted by Crippen LogP contribution is -2.02. The second-order valence-corrected chi connectivity index (χ2v) is 5.68. The van der Waals surface area contributed by atoms with Crippen LogP contribution in [0.15, 0.2) is 47.2 Å². The summed E-state index contributed by atoms with van der Waals surface area (Å²) in [4.78, 5) is 4.37. The molecule has 0 radical (unpaired) electrons. The van der Waals surface area contributed by atoms with E-state index in [1.165, 1.54) is 5.56 Å². The monoisotopic (exact) mass is 330 g/mol. The number of rotatable bonds is 3. The molecular formula is C15H15BrN4. The zero-order valence-electron chi connectivity index (χ0n) is 11.1. The number of nitrogens with two attached hydrogens (primary N) is 1. The molecule has 5 heteroatoms. The Labute approximate surface area is 125 Å². The van der Waals surface area contributed by atoms with E-state index in [2.05, 4.69) is 44.4 Å². The second kappa shape index (κ2) is 5.17. The highest BCUT2D eigenvalue weighted by atomic mass is 79.9. The molecule has 1 heterocycles. The van der Waals surface area contributed by atoms with Crippen molar-refractivity contribution in [1.29, 1.82) is 0 Å². The molecule has 0 saturated carbocycles. The molecule has 4 nitrogen and oxygen atoms in total. The van der Waals surface area contributed by atoms with Crippen LogP contribution in [-0.4, -0.2) is 9.55 Å². The Kier molecular flexibility index (Phi) is 3.36. The molecule has 0 aliphatic carbocycles. The van der Waals surface area contributed by atoms with Gasteiger partial charge in [0.15, 0.2) is 0 Å². The lowest BCUT2D eigenvalue weighted by molar-refractivity contribution is 0.947. The molecule has 0 fully saturated rings. The highest BCUT2D eigenvalue weighted by Crippen LogP contribution is 2.24. The number of nitrogens with one attached hydrogen (secondary N) is 1. The second-order valence-electron chi connectivity index (χ2n) is 4.76. The summed E-state index contributed by atoms with van der Waals surface area (Å²) in [5.74, 6) is 0. The fraction of sp³-hybridized carbons (Fsp3) is 0.133. The lowest BCUT2D eigenvalue weighted by Gasteiger charge is -2.10. The van der Waals surface area contributed by atoms with Crippen LogP contribution in [-0.2, 0) is 13.6 Å². The Morgan fingerprint density at radius 3 is 2.90 bits per heavy atom. The van der Waals surface area contributed by atoms with Crippen LogP contribution in [0, 0.1) is 0 Å². The zero-order valence-corrected chi connectivity index (χ0v) is 12.7. The van der Waals surface area contributed by atoms with Gasteiger partial charge in [0, 0.05) is 18.1 Å². The van der Waals surface area contributed by atoms with Crippen molar-refractivity contribution in [3.05, 3.63) is 52.8 Å². The summed E-state index contributed by atoms with van der Waals surface area (Å²) in [6, 6.07) is 12.1. The Hall–Kier alpha value is -2.01. The molecule has 1 aromatic heterocycles. The number of halogens is 1. The summed E-state index contributed by atoms with van der Waals surface area (Å²) >= 11 is 3.40. The van der Waals surface area contributed by atoms with E-state index in [9.17, 15) is 0 Å². The van der Waals surface area contributed by atoms with Crippen LogP contribution in [0.4, 0.5) is 11.4 Å². The van der Waals surface area contributed by atoms with E-state index in [1.54, 1.807) is 0 Å². The first-order chi connectivity index (χ1) is 9.63. The van der Waals surface area contributed by atoms with Gasteiger partial charge in [-0.1, -0.05) is 22.0 Å². The third-order valence-electron chi connectivity index (χ3n) is 3.29. The molecular weight excluding hydrogens is 316 g/mol. The third kappa shape index (κ3) is 2.49. The van der Waals surface area contributed by atoms with Gasteiger partial charge in [0.1, 0.15) is 0 Å². The van der Waals surface area contributed by atoms with E-state index < -0.39 is 0 Å². The molecule has 0 aliphatic heterocycles. The summed E-state index contributed by atoms with van der Waals surface area (Å²) in [6.07, 6.45) is 1.83. The van der Waals surface area contributed by atoms with Crippen molar-refractivity contribution in [3.8, 4) is 0 Å². The van der Waals surface area contributed by atoms with E-state index in [1.807, 2.05) is 36.1 Å². The van der Waals surface area contributed by atoms with Crippen molar-refractivity contribution in [1.82, 2.24) is 9.55 Å². The number of benzene rings is 2. The van der Waals surface area contributed by atoms with Crippen molar-refractivity contribution in [3.63, 3.8) is 0 Å². The van der Waals surface area contributed by atoms with Gasteiger partial charge in [0.05, 0.1) is 28.7 Å². The molecule has 3 rings (SSSR count). The van der Waals surface area contributed by atoms with Gasteiger partial charge in [-0.2, -0.15) is 0 Å². The fourth-order valence-corrected chi connectivity index (χ4v) is 2.56. The third-order valence-corrected chi connectivity index (χ3v) is 3.78. The minimum Gasteiger partial charge on any atom is -0.397 e. The number of imidazole rings is 1. The van der Waals surface area contributed by atoms with Crippen molar-refractivity contribution in [2.75, 3.05) is 11.1 Å². The summed E-state index contributed by atoms with van der Waals surface area (Å²) < 4.78 is 3.00. The zero-order chi connectivity index (χ0) is 14.1. The summed E-state index contributed by atoms with van der Waals surface area (Å²) in [5.41, 5.74) is 11.0. The number of hydrogen-bond donors (Lipinski definition) is 2. The van der Waals surface area contributed by atoms with Crippen molar-refractivity contribution in [2.45, 2.75) is 6.54 Å². The van der Waals surface area contributed by atoms with Crippen LogP contribution >= 0.6 is 15.9 Å². The van der Waals surface area contributed by atoms with Crippen LogP contribution in [0.5, 0.6) is 0 Å². The number of aromatic nitrogens is 2. The van der Waals surface area contributed by atoms with Crippen molar-refractivity contribution < 1.29 is 0 Å². The number of aryl methyl sites for hydroxylation is 1. The number of anilines is 2. The van der Waals surface area contributed by atoms with E-state index in [4.69, 9.17) is 5.73 Å². The predicted octanol–water partition coefficient (Wildman–Crippen LogP) is 3.53. The van der Waals surface area contributed by atoms with Gasteiger partial charge < -0.3 is 15.6 Å². The highest BCUT2D eigenvalue weighted by molar-refractivity contribution is 9.10. The number of nitrogen functional groups attached to an aromatic ring is 1. The van der Waals surface area contributed by atoms with Crippen LogP contribution in [0.1, 0.15) is 5.56 Å². The van der Waals surface area contributed by atoms with Gasteiger partial charge in [-0.15, -0.1) is 0 Å². The summed E-state index contributed by atoms with van der Waals surface area (Å²) in [7, 11) is 2.00. The first-order valence-electron chi connectivity index (χ1n) is 6.32. The fourth-order valence-electron chi connectivity index (χ4n) is 2.18. The summed E-state index contributed by atoms with van der Waals surface area (Å²) in [6.45, 7) is 0.721. The highest BCUT2D eigenvalue weighted by Gasteiger charge is 2.03. The molecule has 2 aromatic carbocycles. The standard InChI is InChI=1S/C15H15BrN4/c1-20-9-19-14-6-10(2-5-15(14)20)8-18-13-4-3-11(16)7-12(13)17/h2-7,9,18H,8,17H2,1H3. The first-order valence-corrected chi connectivity index (χ1v) is 7.11. The quantitative estimate of drug-likeness (QED) is 0.722. The molecule has 0 unspecified atom stereocenters. The van der Waals surface area contributed by atoms with Gasteiger partial charge in [0.2, 0.25) is 0 Å². The topological polar surface area (TPSA) is 55.9 Å². The average molecular weight is 331 g/mol.